The van der Waals surface area contributed by atoms with Gasteiger partial charge in [-0.25, -0.2) is 0 Å². The Balaban J connectivity index is 2.80. The molecule has 0 heterocycles. The minimum absolute atomic E-state index is 0.173. The van der Waals surface area contributed by atoms with E-state index in [2.05, 4.69) is 0 Å². The summed E-state index contributed by atoms with van der Waals surface area (Å²) >= 11 is 0. The average Bonchev–Trinajstić information content (AvgIpc) is 2.54. The van der Waals surface area contributed by atoms with Gasteiger partial charge in [0.2, 0.25) is 11.5 Å². The van der Waals surface area contributed by atoms with Crippen LogP contribution in [0.5, 0.6) is 11.5 Å². The van der Waals surface area contributed by atoms with Gasteiger partial charge in [0.1, 0.15) is 11.6 Å². The molecule has 0 aromatic heterocycles. The fourth-order valence-electron chi connectivity index (χ4n) is 2.02. The molecule has 1 N–H and O–H groups in total. The first-order valence-electron chi connectivity index (χ1n) is 6.09. The number of benzene rings is 2. The maximum atomic E-state index is 12.5. The fraction of sp³-hybridized carbons (Fsp3) is 0.0667. The van der Waals surface area contributed by atoms with E-state index in [1.165, 1.54) is 19.2 Å². The second-order valence-electron chi connectivity index (χ2n) is 4.26. The van der Waals surface area contributed by atoms with Crippen LogP contribution in [-0.2, 0) is 0 Å². The lowest BCUT2D eigenvalue weighted by molar-refractivity contribution is -0.386. The molecule has 0 saturated carbocycles. The minimum atomic E-state index is -0.908. The number of nitrogens with zero attached hydrogens (tertiary/aromatic N) is 2. The molecule has 2 rings (SSSR count). The van der Waals surface area contributed by atoms with Crippen LogP contribution in [0.15, 0.2) is 36.4 Å². The van der Waals surface area contributed by atoms with Crippen LogP contribution in [-0.4, -0.2) is 22.9 Å². The van der Waals surface area contributed by atoms with E-state index in [4.69, 9.17) is 10.00 Å². The Morgan fingerprint density at radius 1 is 1.36 bits per heavy atom. The number of hydrogen-bond donors (Lipinski definition) is 1. The molecule has 0 amide bonds. The summed E-state index contributed by atoms with van der Waals surface area (Å²) in [6.07, 6.45) is 0. The number of ketones is 1. The molecule has 7 heteroatoms. The Kier molecular flexibility index (Phi) is 4.04. The van der Waals surface area contributed by atoms with Crippen LogP contribution in [0.1, 0.15) is 21.5 Å². The topological polar surface area (TPSA) is 113 Å². The number of nitro groups is 1. The number of hydrogen-bond acceptors (Lipinski definition) is 6. The van der Waals surface area contributed by atoms with Crippen LogP contribution in [0.4, 0.5) is 5.69 Å². The van der Waals surface area contributed by atoms with E-state index >= 15 is 0 Å². The summed E-state index contributed by atoms with van der Waals surface area (Å²) in [5, 5.41) is 30.3. The van der Waals surface area contributed by atoms with Crippen LogP contribution in [0, 0.1) is 21.4 Å². The van der Waals surface area contributed by atoms with Crippen LogP contribution in [0.3, 0.4) is 0 Å². The van der Waals surface area contributed by atoms with Gasteiger partial charge in [-0.15, -0.1) is 0 Å². The first-order valence-corrected chi connectivity index (χ1v) is 6.09. The van der Waals surface area contributed by atoms with Crippen LogP contribution in [0.2, 0.25) is 0 Å². The third-order valence-electron chi connectivity index (χ3n) is 3.03. The van der Waals surface area contributed by atoms with E-state index < -0.39 is 27.7 Å². The molecule has 0 bridgehead atoms. The number of carbonyl (C=O) groups excluding carboxylic acids is 1. The van der Waals surface area contributed by atoms with Gasteiger partial charge in [-0.3, -0.25) is 14.9 Å². The number of phenols is 1. The molecule has 7 nitrogen and oxygen atoms in total. The quantitative estimate of drug-likeness (QED) is 0.526. The third kappa shape index (κ3) is 2.45. The van der Waals surface area contributed by atoms with Crippen molar-refractivity contribution in [3.63, 3.8) is 0 Å². The van der Waals surface area contributed by atoms with E-state index in [1.807, 2.05) is 0 Å². The van der Waals surface area contributed by atoms with E-state index in [1.54, 1.807) is 24.3 Å². The van der Waals surface area contributed by atoms with Crippen LogP contribution >= 0.6 is 0 Å². The number of nitro benzene ring substituents is 1. The zero-order chi connectivity index (χ0) is 16.3. The number of carbonyl (C=O) groups is 1. The average molecular weight is 298 g/mol. The monoisotopic (exact) mass is 298 g/mol. The minimum Gasteiger partial charge on any atom is -0.499 e. The second kappa shape index (κ2) is 5.93. The molecular formula is C15H10N2O5. The standard InChI is InChI=1S/C15H10N2O5/c1-22-11-7-10(8-16)12(13(15(11)19)17(20)21)14(18)9-5-3-2-4-6-9/h2-7,19H,1H3. The number of nitriles is 1. The second-order valence-corrected chi connectivity index (χ2v) is 4.26. The first kappa shape index (κ1) is 15.0. The summed E-state index contributed by atoms with van der Waals surface area (Å²) in [7, 11) is 1.19. The van der Waals surface area contributed by atoms with Gasteiger partial charge in [0.15, 0.2) is 5.75 Å². The molecule has 0 aliphatic rings. The Labute approximate surface area is 125 Å². The van der Waals surface area contributed by atoms with E-state index in [-0.39, 0.29) is 16.9 Å². The predicted octanol–water partition coefficient (Wildman–Crippen LogP) is 2.41. The van der Waals surface area contributed by atoms with Crippen LogP contribution < -0.4 is 4.74 Å². The van der Waals surface area contributed by atoms with Gasteiger partial charge in [-0.05, 0) is 0 Å². The number of phenolic OH excluding ortho intramolecular Hbond substituents is 1. The SMILES string of the molecule is COc1cc(C#N)c(C(=O)c2ccccc2)c([N+](=O)[O-])c1O. The molecule has 2 aromatic carbocycles. The summed E-state index contributed by atoms with van der Waals surface area (Å²) in [4.78, 5) is 22.8. The summed E-state index contributed by atoms with van der Waals surface area (Å²) in [5.74, 6) is -1.75. The van der Waals surface area contributed by atoms with E-state index in [0.29, 0.717) is 0 Å². The highest BCUT2D eigenvalue weighted by atomic mass is 16.6. The van der Waals surface area contributed by atoms with Crippen molar-refractivity contribution in [3.8, 4) is 17.6 Å². The fourth-order valence-corrected chi connectivity index (χ4v) is 2.02. The Morgan fingerprint density at radius 2 is 2.00 bits per heavy atom. The lowest BCUT2D eigenvalue weighted by Crippen LogP contribution is -2.09. The van der Waals surface area contributed by atoms with Crippen molar-refractivity contribution in [1.82, 2.24) is 0 Å². The molecule has 0 radical (unpaired) electrons. The maximum Gasteiger partial charge on any atom is 0.327 e. The summed E-state index contributed by atoms with van der Waals surface area (Å²) in [6.45, 7) is 0. The van der Waals surface area contributed by atoms with Gasteiger partial charge in [0.05, 0.1) is 17.6 Å². The van der Waals surface area contributed by atoms with Crippen molar-refractivity contribution in [3.05, 3.63) is 63.2 Å². The molecule has 0 aliphatic carbocycles. The van der Waals surface area contributed by atoms with Gasteiger partial charge in [-0.1, -0.05) is 30.3 Å². The molecule has 0 spiro atoms. The summed E-state index contributed by atoms with van der Waals surface area (Å²) in [6, 6.07) is 10.6. The smallest absolute Gasteiger partial charge is 0.327 e. The molecule has 0 unspecified atom stereocenters. The van der Waals surface area contributed by atoms with Crippen molar-refractivity contribution < 1.29 is 19.6 Å². The van der Waals surface area contributed by atoms with Gasteiger partial charge in [0, 0.05) is 11.6 Å². The molecule has 0 atom stereocenters. The Morgan fingerprint density at radius 3 is 2.50 bits per heavy atom. The Hall–Kier alpha value is -3.40. The zero-order valence-corrected chi connectivity index (χ0v) is 11.4. The maximum absolute atomic E-state index is 12.5. The number of rotatable bonds is 4. The first-order chi connectivity index (χ1) is 10.5. The molecule has 0 saturated heterocycles. The molecule has 0 fully saturated rings. The highest BCUT2D eigenvalue weighted by Gasteiger charge is 2.32. The van der Waals surface area contributed by atoms with Crippen molar-refractivity contribution in [2.75, 3.05) is 7.11 Å². The lowest BCUT2D eigenvalue weighted by atomic mass is 9.96. The predicted molar refractivity (Wildman–Crippen MR) is 75.9 cm³/mol. The van der Waals surface area contributed by atoms with E-state index in [0.717, 1.165) is 6.07 Å². The third-order valence-corrected chi connectivity index (χ3v) is 3.03. The van der Waals surface area contributed by atoms with Crippen molar-refractivity contribution in [2.45, 2.75) is 0 Å². The zero-order valence-electron chi connectivity index (χ0n) is 11.4. The largest absolute Gasteiger partial charge is 0.499 e. The summed E-state index contributed by atoms with van der Waals surface area (Å²) in [5.41, 5.74) is -1.37. The van der Waals surface area contributed by atoms with Crippen molar-refractivity contribution >= 4 is 11.5 Å². The van der Waals surface area contributed by atoms with Gasteiger partial charge in [0.25, 0.3) is 0 Å². The van der Waals surface area contributed by atoms with Gasteiger partial charge >= 0.3 is 5.69 Å². The number of aromatic hydroxyl groups is 1. The summed E-state index contributed by atoms with van der Waals surface area (Å²) < 4.78 is 4.80. The van der Waals surface area contributed by atoms with Gasteiger partial charge in [-0.2, -0.15) is 5.26 Å². The van der Waals surface area contributed by atoms with Crippen molar-refractivity contribution in [2.24, 2.45) is 0 Å². The highest BCUT2D eigenvalue weighted by molar-refractivity contribution is 6.13. The Bertz CT molecular complexity index is 794. The van der Waals surface area contributed by atoms with E-state index in [9.17, 15) is 20.0 Å². The number of ether oxygens (including phenoxy) is 1. The molecule has 22 heavy (non-hydrogen) atoms. The molecule has 2 aromatic rings. The van der Waals surface area contributed by atoms with Gasteiger partial charge < -0.3 is 9.84 Å². The highest BCUT2D eigenvalue weighted by Crippen LogP contribution is 2.41. The molecular weight excluding hydrogens is 288 g/mol. The number of methoxy groups -OCH3 is 1. The van der Waals surface area contributed by atoms with Crippen molar-refractivity contribution in [1.29, 1.82) is 5.26 Å². The lowest BCUT2D eigenvalue weighted by Gasteiger charge is -2.09. The van der Waals surface area contributed by atoms with Crippen LogP contribution in [0.25, 0.3) is 0 Å². The molecule has 110 valence electrons. The normalized spacial score (nSPS) is 9.82. The molecule has 0 aliphatic heterocycles.